The van der Waals surface area contributed by atoms with Crippen LogP contribution in [0.4, 0.5) is 13.2 Å². The smallest absolute Gasteiger partial charge is 0.416 e. The summed E-state index contributed by atoms with van der Waals surface area (Å²) in [4.78, 5) is 19.3. The fourth-order valence-corrected chi connectivity index (χ4v) is 3.18. The SMILES string of the molecule is CN(C)CCCN=Cc1c(O)n(-c2cccc(C(F)(F)F)c2)c(=O)c2ccccc12. The maximum Gasteiger partial charge on any atom is 0.416 e. The Hall–Kier alpha value is -3.13. The molecular weight excluding hydrogens is 395 g/mol. The Labute approximate surface area is 171 Å². The Bertz CT molecular complexity index is 1130. The molecule has 0 aliphatic rings. The summed E-state index contributed by atoms with van der Waals surface area (Å²) < 4.78 is 40.3. The number of alkyl halides is 3. The second-order valence-electron chi connectivity index (χ2n) is 7.16. The molecule has 2 aromatic carbocycles. The Morgan fingerprint density at radius 1 is 1.10 bits per heavy atom. The van der Waals surface area contributed by atoms with Gasteiger partial charge >= 0.3 is 6.18 Å². The molecule has 0 saturated carbocycles. The lowest BCUT2D eigenvalue weighted by Crippen LogP contribution is -2.20. The number of fused-ring (bicyclic) bond motifs is 1. The number of aliphatic imine (C=N–C) groups is 1. The van der Waals surface area contributed by atoms with Crippen LogP contribution in [0.25, 0.3) is 16.5 Å². The maximum absolute atomic E-state index is 13.1. The van der Waals surface area contributed by atoms with Gasteiger partial charge in [-0.15, -0.1) is 0 Å². The second kappa shape index (κ2) is 8.71. The first-order valence-electron chi connectivity index (χ1n) is 9.39. The van der Waals surface area contributed by atoms with Crippen LogP contribution >= 0.6 is 0 Å². The van der Waals surface area contributed by atoms with E-state index in [1.807, 2.05) is 19.0 Å². The van der Waals surface area contributed by atoms with E-state index in [9.17, 15) is 23.1 Å². The van der Waals surface area contributed by atoms with Crippen LogP contribution < -0.4 is 5.56 Å². The molecule has 0 amide bonds. The molecule has 0 aliphatic heterocycles. The van der Waals surface area contributed by atoms with Gasteiger partial charge in [0.1, 0.15) is 0 Å². The van der Waals surface area contributed by atoms with E-state index < -0.39 is 23.2 Å². The maximum atomic E-state index is 13.1. The van der Waals surface area contributed by atoms with E-state index in [2.05, 4.69) is 4.99 Å². The van der Waals surface area contributed by atoms with Gasteiger partial charge < -0.3 is 10.0 Å². The number of pyridine rings is 1. The molecule has 0 spiro atoms. The molecule has 8 heteroatoms. The van der Waals surface area contributed by atoms with Crippen molar-refractivity contribution in [3.8, 4) is 11.6 Å². The largest absolute Gasteiger partial charge is 0.494 e. The van der Waals surface area contributed by atoms with E-state index in [1.165, 1.54) is 18.3 Å². The number of rotatable bonds is 6. The molecule has 1 N–H and O–H groups in total. The van der Waals surface area contributed by atoms with E-state index in [-0.39, 0.29) is 16.6 Å². The zero-order valence-electron chi connectivity index (χ0n) is 16.6. The molecule has 3 rings (SSSR count). The van der Waals surface area contributed by atoms with Gasteiger partial charge in [0.25, 0.3) is 5.56 Å². The minimum absolute atomic E-state index is 0.0691. The summed E-state index contributed by atoms with van der Waals surface area (Å²) in [7, 11) is 3.90. The minimum Gasteiger partial charge on any atom is -0.494 e. The van der Waals surface area contributed by atoms with Crippen LogP contribution in [0.15, 0.2) is 58.3 Å². The lowest BCUT2D eigenvalue weighted by Gasteiger charge is -2.15. The van der Waals surface area contributed by atoms with Crippen LogP contribution in [0.2, 0.25) is 0 Å². The van der Waals surface area contributed by atoms with Crippen molar-refractivity contribution in [2.45, 2.75) is 12.6 Å². The molecule has 0 atom stereocenters. The molecule has 0 fully saturated rings. The van der Waals surface area contributed by atoms with Gasteiger partial charge in [-0.25, -0.2) is 4.57 Å². The van der Waals surface area contributed by atoms with Crippen LogP contribution in [0.1, 0.15) is 17.5 Å². The molecule has 1 heterocycles. The minimum atomic E-state index is -4.57. The zero-order chi connectivity index (χ0) is 21.9. The number of nitrogens with zero attached hydrogens (tertiary/aromatic N) is 3. The lowest BCUT2D eigenvalue weighted by atomic mass is 10.1. The first-order valence-corrected chi connectivity index (χ1v) is 9.39. The van der Waals surface area contributed by atoms with Gasteiger partial charge in [0, 0.05) is 23.5 Å². The summed E-state index contributed by atoms with van der Waals surface area (Å²) >= 11 is 0. The summed E-state index contributed by atoms with van der Waals surface area (Å²) in [6.07, 6.45) is -2.30. The molecular formula is C22H22F3N3O2. The van der Waals surface area contributed by atoms with Crippen LogP contribution in [0.5, 0.6) is 5.88 Å². The molecule has 0 bridgehead atoms. The standard InChI is InChI=1S/C22H22F3N3O2/c1-27(2)12-6-11-26-14-19-17-9-3-4-10-18(17)20(29)28(21(19)30)16-8-5-7-15(13-16)22(23,24)25/h3-5,7-10,13-14,30H,6,11-12H2,1-2H3. The highest BCUT2D eigenvalue weighted by molar-refractivity contribution is 6.01. The Balaban J connectivity index is 2.15. The van der Waals surface area contributed by atoms with E-state index >= 15 is 0 Å². The quantitative estimate of drug-likeness (QED) is 0.486. The monoisotopic (exact) mass is 417 g/mol. The number of hydrogen-bond acceptors (Lipinski definition) is 4. The number of hydrogen-bond donors (Lipinski definition) is 1. The molecule has 5 nitrogen and oxygen atoms in total. The zero-order valence-corrected chi connectivity index (χ0v) is 16.6. The molecule has 3 aromatic rings. The molecule has 158 valence electrons. The Morgan fingerprint density at radius 3 is 2.47 bits per heavy atom. The Morgan fingerprint density at radius 2 is 1.80 bits per heavy atom. The third-order valence-electron chi connectivity index (χ3n) is 4.65. The van der Waals surface area contributed by atoms with E-state index in [4.69, 9.17) is 0 Å². The van der Waals surface area contributed by atoms with Crippen molar-refractivity contribution in [3.05, 3.63) is 70.0 Å². The van der Waals surface area contributed by atoms with Crippen molar-refractivity contribution in [2.24, 2.45) is 4.99 Å². The van der Waals surface area contributed by atoms with Gasteiger partial charge in [-0.1, -0.05) is 24.3 Å². The third-order valence-corrected chi connectivity index (χ3v) is 4.65. The molecule has 1 aromatic heterocycles. The van der Waals surface area contributed by atoms with E-state index in [1.54, 1.807) is 24.3 Å². The van der Waals surface area contributed by atoms with Gasteiger partial charge in [-0.05, 0) is 51.3 Å². The van der Waals surface area contributed by atoms with Crippen LogP contribution in [-0.4, -0.2) is 48.0 Å². The summed E-state index contributed by atoms with van der Waals surface area (Å²) in [5.74, 6) is -0.450. The average Bonchev–Trinajstić information content (AvgIpc) is 2.69. The summed E-state index contributed by atoms with van der Waals surface area (Å²) in [6.45, 7) is 1.35. The van der Waals surface area contributed by atoms with Gasteiger partial charge in [0.15, 0.2) is 0 Å². The van der Waals surface area contributed by atoms with Crippen molar-refractivity contribution in [1.82, 2.24) is 9.47 Å². The predicted molar refractivity (Wildman–Crippen MR) is 112 cm³/mol. The van der Waals surface area contributed by atoms with Crippen LogP contribution in [0, 0.1) is 0 Å². The van der Waals surface area contributed by atoms with Gasteiger partial charge in [-0.2, -0.15) is 13.2 Å². The normalized spacial score (nSPS) is 12.3. The first kappa shape index (κ1) is 21.6. The van der Waals surface area contributed by atoms with Crippen molar-refractivity contribution in [1.29, 1.82) is 0 Å². The Kier molecular flexibility index (Phi) is 6.26. The summed E-state index contributed by atoms with van der Waals surface area (Å²) in [5, 5.41) is 11.6. The molecule has 0 unspecified atom stereocenters. The number of halogens is 3. The number of aromatic nitrogens is 1. The second-order valence-corrected chi connectivity index (χ2v) is 7.16. The van der Waals surface area contributed by atoms with Crippen LogP contribution in [-0.2, 0) is 6.18 Å². The van der Waals surface area contributed by atoms with Gasteiger partial charge in [0.05, 0.1) is 16.8 Å². The van der Waals surface area contributed by atoms with E-state index in [0.29, 0.717) is 11.9 Å². The highest BCUT2D eigenvalue weighted by Gasteiger charge is 2.31. The highest BCUT2D eigenvalue weighted by Crippen LogP contribution is 2.32. The lowest BCUT2D eigenvalue weighted by molar-refractivity contribution is -0.137. The molecule has 0 radical (unpaired) electrons. The van der Waals surface area contributed by atoms with Gasteiger partial charge in [0.2, 0.25) is 5.88 Å². The van der Waals surface area contributed by atoms with Crippen molar-refractivity contribution < 1.29 is 18.3 Å². The highest BCUT2D eigenvalue weighted by atomic mass is 19.4. The molecule has 0 saturated heterocycles. The van der Waals surface area contributed by atoms with Crippen molar-refractivity contribution in [3.63, 3.8) is 0 Å². The number of aromatic hydroxyl groups is 1. The summed E-state index contributed by atoms with van der Waals surface area (Å²) in [5.41, 5.74) is -1.29. The molecule has 0 aliphatic carbocycles. The average molecular weight is 417 g/mol. The van der Waals surface area contributed by atoms with Gasteiger partial charge in [-0.3, -0.25) is 9.79 Å². The fourth-order valence-electron chi connectivity index (χ4n) is 3.18. The van der Waals surface area contributed by atoms with Crippen LogP contribution in [0.3, 0.4) is 0 Å². The van der Waals surface area contributed by atoms with Crippen molar-refractivity contribution in [2.75, 3.05) is 27.2 Å². The fraction of sp³-hybridized carbons (Fsp3) is 0.273. The van der Waals surface area contributed by atoms with E-state index in [0.717, 1.165) is 29.7 Å². The predicted octanol–water partition coefficient (Wildman–Crippen LogP) is 4.09. The summed E-state index contributed by atoms with van der Waals surface area (Å²) in [6, 6.07) is 10.9. The first-order chi connectivity index (χ1) is 14.2. The topological polar surface area (TPSA) is 57.8 Å². The number of benzene rings is 2. The molecule has 30 heavy (non-hydrogen) atoms. The third kappa shape index (κ3) is 4.54. The van der Waals surface area contributed by atoms with Crippen molar-refractivity contribution >= 4 is 17.0 Å².